The number of aryl methyl sites for hydroxylation is 2. The van der Waals surface area contributed by atoms with Crippen LogP contribution in [0.3, 0.4) is 0 Å². The van der Waals surface area contributed by atoms with Crippen LogP contribution in [0.1, 0.15) is 47.7 Å². The van der Waals surface area contributed by atoms with E-state index in [1.165, 1.54) is 17.5 Å². The highest BCUT2D eigenvalue weighted by molar-refractivity contribution is 5.96. The molecule has 1 amide bonds. The van der Waals surface area contributed by atoms with Crippen LogP contribution in [0, 0.1) is 0 Å². The van der Waals surface area contributed by atoms with Gasteiger partial charge in [0.05, 0.1) is 0 Å². The zero-order valence-corrected chi connectivity index (χ0v) is 11.1. The number of rotatable bonds is 4. The summed E-state index contributed by atoms with van der Waals surface area (Å²) in [7, 11) is 0. The molecule has 0 saturated heterocycles. The Morgan fingerprint density at radius 2 is 1.95 bits per heavy atom. The van der Waals surface area contributed by atoms with Crippen molar-refractivity contribution in [3.63, 3.8) is 0 Å². The Morgan fingerprint density at radius 3 is 2.58 bits per heavy atom. The highest BCUT2D eigenvalue weighted by Crippen LogP contribution is 2.22. The maximum atomic E-state index is 12.0. The van der Waals surface area contributed by atoms with E-state index in [2.05, 4.69) is 5.32 Å². The van der Waals surface area contributed by atoms with Crippen molar-refractivity contribution in [1.82, 2.24) is 5.32 Å². The summed E-state index contributed by atoms with van der Waals surface area (Å²) in [6.45, 7) is 1.74. The van der Waals surface area contributed by atoms with Crippen LogP contribution in [0.2, 0.25) is 0 Å². The van der Waals surface area contributed by atoms with E-state index < -0.39 is 12.0 Å². The summed E-state index contributed by atoms with van der Waals surface area (Å²) < 4.78 is 0. The zero-order valence-electron chi connectivity index (χ0n) is 11.1. The Morgan fingerprint density at radius 1 is 1.26 bits per heavy atom. The van der Waals surface area contributed by atoms with E-state index in [0.717, 1.165) is 19.3 Å². The van der Waals surface area contributed by atoms with E-state index in [0.29, 0.717) is 12.0 Å². The molecule has 1 aromatic carbocycles. The fourth-order valence-corrected chi connectivity index (χ4v) is 2.45. The van der Waals surface area contributed by atoms with Gasteiger partial charge in [-0.05, 0) is 55.4 Å². The van der Waals surface area contributed by atoms with Gasteiger partial charge in [-0.25, -0.2) is 4.79 Å². The number of fused-ring (bicyclic) bond motifs is 1. The molecule has 0 fully saturated rings. The summed E-state index contributed by atoms with van der Waals surface area (Å²) >= 11 is 0. The summed E-state index contributed by atoms with van der Waals surface area (Å²) in [5.41, 5.74) is 3.09. The minimum absolute atomic E-state index is 0.303. The van der Waals surface area contributed by atoms with Crippen LogP contribution >= 0.6 is 0 Å². The van der Waals surface area contributed by atoms with Crippen LogP contribution in [-0.4, -0.2) is 23.0 Å². The van der Waals surface area contributed by atoms with Crippen molar-refractivity contribution in [3.05, 3.63) is 34.9 Å². The van der Waals surface area contributed by atoms with Crippen molar-refractivity contribution in [2.45, 2.75) is 45.1 Å². The molecule has 0 radical (unpaired) electrons. The fraction of sp³-hybridized carbons (Fsp3) is 0.467. The lowest BCUT2D eigenvalue weighted by atomic mass is 9.90. The van der Waals surface area contributed by atoms with Gasteiger partial charge in [0, 0.05) is 5.56 Å². The van der Waals surface area contributed by atoms with E-state index >= 15 is 0 Å². The van der Waals surface area contributed by atoms with Gasteiger partial charge in [-0.15, -0.1) is 0 Å². The predicted molar refractivity (Wildman–Crippen MR) is 72.3 cm³/mol. The first-order valence-electron chi connectivity index (χ1n) is 6.77. The van der Waals surface area contributed by atoms with E-state index in [4.69, 9.17) is 5.11 Å². The number of carboxylic acid groups (broad SMARTS) is 1. The Balaban J connectivity index is 2.13. The molecular weight excluding hydrogens is 242 g/mol. The molecule has 2 N–H and O–H groups in total. The molecule has 1 aliphatic carbocycles. The molecule has 4 heteroatoms. The third-order valence-electron chi connectivity index (χ3n) is 3.62. The molecule has 0 spiro atoms. The van der Waals surface area contributed by atoms with Gasteiger partial charge in [-0.1, -0.05) is 13.0 Å². The van der Waals surface area contributed by atoms with Gasteiger partial charge in [0.15, 0.2) is 0 Å². The topological polar surface area (TPSA) is 66.4 Å². The van der Waals surface area contributed by atoms with Crippen molar-refractivity contribution >= 4 is 11.9 Å². The lowest BCUT2D eigenvalue weighted by Crippen LogP contribution is -2.40. The van der Waals surface area contributed by atoms with Crippen LogP contribution < -0.4 is 5.32 Å². The van der Waals surface area contributed by atoms with Crippen LogP contribution in [0.5, 0.6) is 0 Å². The average molecular weight is 261 g/mol. The van der Waals surface area contributed by atoms with Crippen LogP contribution in [0.15, 0.2) is 18.2 Å². The molecule has 0 saturated carbocycles. The Labute approximate surface area is 112 Å². The quantitative estimate of drug-likeness (QED) is 0.872. The standard InChI is InChI=1S/C15H19NO3/c1-2-13(15(18)19)16-14(17)12-8-7-10-5-3-4-6-11(10)9-12/h7-9,13H,2-6H2,1H3,(H,16,17)(H,18,19)/t13-/m1/s1. The van der Waals surface area contributed by atoms with E-state index in [1.54, 1.807) is 13.0 Å². The number of carbonyl (C=O) groups is 2. The molecule has 1 aliphatic rings. The lowest BCUT2D eigenvalue weighted by Gasteiger charge is -2.17. The molecule has 1 atom stereocenters. The number of benzene rings is 1. The van der Waals surface area contributed by atoms with Gasteiger partial charge >= 0.3 is 5.97 Å². The van der Waals surface area contributed by atoms with Gasteiger partial charge in [0.2, 0.25) is 0 Å². The van der Waals surface area contributed by atoms with Crippen LogP contribution in [-0.2, 0) is 17.6 Å². The number of hydrogen-bond acceptors (Lipinski definition) is 2. The van der Waals surface area contributed by atoms with Crippen molar-refractivity contribution in [2.24, 2.45) is 0 Å². The van der Waals surface area contributed by atoms with Crippen molar-refractivity contribution in [2.75, 3.05) is 0 Å². The maximum absolute atomic E-state index is 12.0. The molecule has 0 unspecified atom stereocenters. The molecule has 0 aliphatic heterocycles. The average Bonchev–Trinajstić information content (AvgIpc) is 2.43. The Kier molecular flexibility index (Phi) is 4.20. The first-order chi connectivity index (χ1) is 9.11. The number of aliphatic carboxylic acids is 1. The number of carbonyl (C=O) groups excluding carboxylic acids is 1. The normalized spacial score (nSPS) is 15.4. The molecule has 0 bridgehead atoms. The summed E-state index contributed by atoms with van der Waals surface area (Å²) in [5, 5.41) is 11.5. The van der Waals surface area contributed by atoms with Crippen LogP contribution in [0.25, 0.3) is 0 Å². The Hall–Kier alpha value is -1.84. The second-order valence-electron chi connectivity index (χ2n) is 4.96. The SMILES string of the molecule is CC[C@@H](NC(=O)c1ccc2c(c1)CCCC2)C(=O)O. The second kappa shape index (κ2) is 5.87. The molecule has 1 aromatic rings. The second-order valence-corrected chi connectivity index (χ2v) is 4.96. The smallest absolute Gasteiger partial charge is 0.326 e. The number of carboxylic acids is 1. The monoisotopic (exact) mass is 261 g/mol. The molecule has 0 aromatic heterocycles. The third-order valence-corrected chi connectivity index (χ3v) is 3.62. The number of hydrogen-bond donors (Lipinski definition) is 2. The lowest BCUT2D eigenvalue weighted by molar-refractivity contribution is -0.139. The van der Waals surface area contributed by atoms with Crippen molar-refractivity contribution < 1.29 is 14.7 Å². The minimum Gasteiger partial charge on any atom is -0.480 e. The van der Waals surface area contributed by atoms with Crippen molar-refractivity contribution in [3.8, 4) is 0 Å². The van der Waals surface area contributed by atoms with Gasteiger partial charge in [-0.2, -0.15) is 0 Å². The summed E-state index contributed by atoms with van der Waals surface area (Å²) in [5.74, 6) is -1.29. The first-order valence-corrected chi connectivity index (χ1v) is 6.77. The maximum Gasteiger partial charge on any atom is 0.326 e. The van der Waals surface area contributed by atoms with Gasteiger partial charge in [0.25, 0.3) is 5.91 Å². The first kappa shape index (κ1) is 13.6. The Bertz CT molecular complexity index is 496. The molecule has 0 heterocycles. The molecule has 102 valence electrons. The molecule has 2 rings (SSSR count). The van der Waals surface area contributed by atoms with Gasteiger partial charge in [-0.3, -0.25) is 4.79 Å². The molecule has 4 nitrogen and oxygen atoms in total. The predicted octanol–water partition coefficient (Wildman–Crippen LogP) is 2.16. The molecule has 19 heavy (non-hydrogen) atoms. The summed E-state index contributed by atoms with van der Waals surface area (Å²) in [4.78, 5) is 22.9. The van der Waals surface area contributed by atoms with E-state index in [-0.39, 0.29) is 5.91 Å². The number of nitrogens with one attached hydrogen (secondary N) is 1. The molecular formula is C15H19NO3. The van der Waals surface area contributed by atoms with Crippen LogP contribution in [0.4, 0.5) is 0 Å². The highest BCUT2D eigenvalue weighted by Gasteiger charge is 2.19. The zero-order chi connectivity index (χ0) is 13.8. The third kappa shape index (κ3) is 3.13. The highest BCUT2D eigenvalue weighted by atomic mass is 16.4. The van der Waals surface area contributed by atoms with E-state index in [9.17, 15) is 9.59 Å². The van der Waals surface area contributed by atoms with E-state index in [1.807, 2.05) is 12.1 Å². The summed E-state index contributed by atoms with van der Waals surface area (Å²) in [6.07, 6.45) is 4.82. The van der Waals surface area contributed by atoms with Crippen molar-refractivity contribution in [1.29, 1.82) is 0 Å². The minimum atomic E-state index is -0.992. The van der Waals surface area contributed by atoms with Gasteiger partial charge in [0.1, 0.15) is 6.04 Å². The number of amides is 1. The largest absolute Gasteiger partial charge is 0.480 e. The fourth-order valence-electron chi connectivity index (χ4n) is 2.45. The summed E-state index contributed by atoms with van der Waals surface area (Å²) in [6, 6.07) is 4.86. The van der Waals surface area contributed by atoms with Gasteiger partial charge < -0.3 is 10.4 Å².